The van der Waals surface area contributed by atoms with E-state index in [4.69, 9.17) is 4.74 Å². The molecular formula is C10H24IN3O. The molecule has 0 amide bonds. The zero-order valence-corrected chi connectivity index (χ0v) is 12.5. The normalized spacial score (nSPS) is 11.2. The molecule has 15 heavy (non-hydrogen) atoms. The zero-order chi connectivity index (χ0) is 10.8. The van der Waals surface area contributed by atoms with Crippen LogP contribution in [0, 0.1) is 5.92 Å². The number of ether oxygens (including phenoxy) is 1. The van der Waals surface area contributed by atoms with Crippen molar-refractivity contribution in [3.63, 3.8) is 0 Å². The fourth-order valence-corrected chi connectivity index (χ4v) is 1.09. The highest BCUT2D eigenvalue weighted by atomic mass is 127. The van der Waals surface area contributed by atoms with E-state index < -0.39 is 0 Å². The molecule has 0 spiro atoms. The highest BCUT2D eigenvalue weighted by molar-refractivity contribution is 14.0. The lowest BCUT2D eigenvalue weighted by Crippen LogP contribution is -2.37. The zero-order valence-electron chi connectivity index (χ0n) is 10.2. The average Bonchev–Trinajstić information content (AvgIpc) is 2.15. The molecule has 0 aromatic carbocycles. The van der Waals surface area contributed by atoms with E-state index in [1.54, 1.807) is 7.11 Å². The van der Waals surface area contributed by atoms with Gasteiger partial charge in [0.15, 0.2) is 5.96 Å². The van der Waals surface area contributed by atoms with Crippen LogP contribution in [0.15, 0.2) is 4.99 Å². The number of aliphatic imine (C=N–C) groups is 1. The largest absolute Gasteiger partial charge is 0.384 e. The molecule has 0 aromatic rings. The Bertz CT molecular complexity index is 157. The molecule has 0 aliphatic heterocycles. The molecule has 0 fully saturated rings. The molecule has 0 saturated heterocycles. The predicted molar refractivity (Wildman–Crippen MR) is 76.1 cm³/mol. The Kier molecular flexibility index (Phi) is 13.9. The second-order valence-corrected chi connectivity index (χ2v) is 3.31. The van der Waals surface area contributed by atoms with Crippen molar-refractivity contribution in [3.05, 3.63) is 0 Å². The molecule has 2 N–H and O–H groups in total. The third kappa shape index (κ3) is 10.2. The van der Waals surface area contributed by atoms with E-state index >= 15 is 0 Å². The second-order valence-electron chi connectivity index (χ2n) is 3.31. The fraction of sp³-hybridized carbons (Fsp3) is 0.900. The van der Waals surface area contributed by atoms with Crippen LogP contribution in [-0.2, 0) is 4.74 Å². The van der Waals surface area contributed by atoms with E-state index in [1.165, 1.54) is 0 Å². The van der Waals surface area contributed by atoms with Crippen molar-refractivity contribution >= 4 is 29.9 Å². The number of guanidine groups is 1. The fourth-order valence-electron chi connectivity index (χ4n) is 1.09. The smallest absolute Gasteiger partial charge is 0.191 e. The van der Waals surface area contributed by atoms with Crippen molar-refractivity contribution in [1.82, 2.24) is 10.6 Å². The first-order valence-corrected chi connectivity index (χ1v) is 5.25. The average molecular weight is 329 g/mol. The van der Waals surface area contributed by atoms with E-state index in [0.29, 0.717) is 5.92 Å². The van der Waals surface area contributed by atoms with Crippen molar-refractivity contribution in [2.75, 3.05) is 33.4 Å². The summed E-state index contributed by atoms with van der Waals surface area (Å²) in [5, 5.41) is 6.36. The van der Waals surface area contributed by atoms with E-state index in [9.17, 15) is 0 Å². The number of halogens is 1. The maximum atomic E-state index is 5.05. The highest BCUT2D eigenvalue weighted by Crippen LogP contribution is 1.95. The monoisotopic (exact) mass is 329 g/mol. The number of rotatable bonds is 6. The molecule has 0 heterocycles. The van der Waals surface area contributed by atoms with Gasteiger partial charge in [-0.2, -0.15) is 0 Å². The number of methoxy groups -OCH3 is 1. The molecule has 92 valence electrons. The molecule has 0 rings (SSSR count). The van der Waals surface area contributed by atoms with Gasteiger partial charge in [0, 0.05) is 26.7 Å². The van der Waals surface area contributed by atoms with Gasteiger partial charge in [0.05, 0.1) is 6.61 Å². The van der Waals surface area contributed by atoms with Crippen molar-refractivity contribution in [2.24, 2.45) is 10.9 Å². The van der Waals surface area contributed by atoms with Gasteiger partial charge in [0.2, 0.25) is 0 Å². The van der Waals surface area contributed by atoms with Crippen LogP contribution in [0.3, 0.4) is 0 Å². The predicted octanol–water partition coefficient (Wildman–Crippen LogP) is 1.46. The molecule has 0 aliphatic rings. The summed E-state index contributed by atoms with van der Waals surface area (Å²) in [6.07, 6.45) is 0. The molecule has 1 unspecified atom stereocenters. The van der Waals surface area contributed by atoms with Crippen LogP contribution >= 0.6 is 24.0 Å². The van der Waals surface area contributed by atoms with Crippen molar-refractivity contribution in [3.8, 4) is 0 Å². The van der Waals surface area contributed by atoms with Crippen LogP contribution in [-0.4, -0.2) is 39.3 Å². The van der Waals surface area contributed by atoms with Gasteiger partial charge in [0.25, 0.3) is 0 Å². The van der Waals surface area contributed by atoms with Gasteiger partial charge in [0.1, 0.15) is 0 Å². The summed E-state index contributed by atoms with van der Waals surface area (Å²) in [5.74, 6) is 1.35. The SMILES string of the molecule is CCNC(=NCC(C)COC)NCC.I. The summed E-state index contributed by atoms with van der Waals surface area (Å²) in [6, 6.07) is 0. The molecule has 0 bridgehead atoms. The third-order valence-electron chi connectivity index (χ3n) is 1.70. The lowest BCUT2D eigenvalue weighted by Gasteiger charge is -2.11. The molecular weight excluding hydrogens is 305 g/mol. The molecule has 1 atom stereocenters. The Morgan fingerprint density at radius 1 is 1.27 bits per heavy atom. The lowest BCUT2D eigenvalue weighted by molar-refractivity contribution is 0.163. The van der Waals surface area contributed by atoms with Crippen molar-refractivity contribution < 1.29 is 4.74 Å². The van der Waals surface area contributed by atoms with Crippen molar-refractivity contribution in [1.29, 1.82) is 0 Å². The third-order valence-corrected chi connectivity index (χ3v) is 1.70. The maximum Gasteiger partial charge on any atom is 0.191 e. The van der Waals surface area contributed by atoms with E-state index in [1.807, 2.05) is 0 Å². The first-order chi connectivity index (χ1) is 6.74. The minimum absolute atomic E-state index is 0. The van der Waals surface area contributed by atoms with Crippen LogP contribution < -0.4 is 10.6 Å². The van der Waals surface area contributed by atoms with Gasteiger partial charge in [-0.1, -0.05) is 6.92 Å². The van der Waals surface area contributed by atoms with Gasteiger partial charge in [-0.05, 0) is 19.8 Å². The van der Waals surface area contributed by atoms with Crippen LogP contribution in [0.1, 0.15) is 20.8 Å². The summed E-state index contributed by atoms with van der Waals surface area (Å²) in [5.41, 5.74) is 0. The van der Waals surface area contributed by atoms with Gasteiger partial charge in [-0.3, -0.25) is 4.99 Å². The standard InChI is InChI=1S/C10H23N3O.HI/c1-5-11-10(12-6-2)13-7-9(3)8-14-4;/h9H,5-8H2,1-4H3,(H2,11,12,13);1H. The van der Waals surface area contributed by atoms with Gasteiger partial charge < -0.3 is 15.4 Å². The number of hydrogen-bond acceptors (Lipinski definition) is 2. The first kappa shape index (κ1) is 17.4. The topological polar surface area (TPSA) is 45.7 Å². The Labute approximate surface area is 110 Å². The number of nitrogens with zero attached hydrogens (tertiary/aromatic N) is 1. The molecule has 0 radical (unpaired) electrons. The Morgan fingerprint density at radius 3 is 2.20 bits per heavy atom. The molecule has 0 aromatic heterocycles. The summed E-state index contributed by atoms with van der Waals surface area (Å²) in [4.78, 5) is 4.44. The number of nitrogens with one attached hydrogen (secondary N) is 2. The van der Waals surface area contributed by atoms with Crippen LogP contribution in [0.2, 0.25) is 0 Å². The second kappa shape index (κ2) is 12.0. The highest BCUT2D eigenvalue weighted by Gasteiger charge is 2.00. The van der Waals surface area contributed by atoms with Crippen LogP contribution in [0.5, 0.6) is 0 Å². The van der Waals surface area contributed by atoms with E-state index in [2.05, 4.69) is 36.4 Å². The Balaban J connectivity index is 0. The molecule has 4 nitrogen and oxygen atoms in total. The minimum Gasteiger partial charge on any atom is -0.384 e. The van der Waals surface area contributed by atoms with Gasteiger partial charge in [-0.15, -0.1) is 24.0 Å². The lowest BCUT2D eigenvalue weighted by atomic mass is 10.2. The summed E-state index contributed by atoms with van der Waals surface area (Å²) < 4.78 is 5.05. The van der Waals surface area contributed by atoms with Crippen molar-refractivity contribution in [2.45, 2.75) is 20.8 Å². The first-order valence-electron chi connectivity index (χ1n) is 5.25. The molecule has 0 aliphatic carbocycles. The Morgan fingerprint density at radius 2 is 1.80 bits per heavy atom. The van der Waals surface area contributed by atoms with Gasteiger partial charge >= 0.3 is 0 Å². The summed E-state index contributed by atoms with van der Waals surface area (Å²) in [7, 11) is 1.72. The molecule has 5 heteroatoms. The summed E-state index contributed by atoms with van der Waals surface area (Å²) >= 11 is 0. The quantitative estimate of drug-likeness (QED) is 0.441. The summed E-state index contributed by atoms with van der Waals surface area (Å²) in [6.45, 7) is 9.59. The Hall–Kier alpha value is -0.0400. The maximum absolute atomic E-state index is 5.05. The van der Waals surface area contributed by atoms with Gasteiger partial charge in [-0.25, -0.2) is 0 Å². The van der Waals surface area contributed by atoms with E-state index in [-0.39, 0.29) is 24.0 Å². The number of hydrogen-bond donors (Lipinski definition) is 2. The minimum atomic E-state index is 0. The molecule has 0 saturated carbocycles. The van der Waals surface area contributed by atoms with Crippen LogP contribution in [0.4, 0.5) is 0 Å². The van der Waals surface area contributed by atoms with Crippen LogP contribution in [0.25, 0.3) is 0 Å². The van der Waals surface area contributed by atoms with E-state index in [0.717, 1.165) is 32.2 Å².